The molecule has 0 spiro atoms. The van der Waals surface area contributed by atoms with Crippen molar-refractivity contribution < 1.29 is 26.0 Å². The Balaban J connectivity index is 2.14. The lowest BCUT2D eigenvalue weighted by atomic mass is 10.4. The molecule has 0 amide bonds. The predicted octanol–water partition coefficient (Wildman–Crippen LogP) is 1.27. The minimum absolute atomic E-state index is 0.608. The summed E-state index contributed by atoms with van der Waals surface area (Å²) in [6.07, 6.45) is 1.15. The average molecular weight is 507 g/mol. The van der Waals surface area contributed by atoms with Gasteiger partial charge < -0.3 is 0 Å². The first-order valence-electron chi connectivity index (χ1n) is 9.44. The number of benzene rings is 4. The van der Waals surface area contributed by atoms with Crippen molar-refractivity contribution in [3.63, 3.8) is 0 Å². The van der Waals surface area contributed by atoms with Gasteiger partial charge in [-0.15, -0.1) is 0 Å². The van der Waals surface area contributed by atoms with Gasteiger partial charge in [0.15, 0.2) is 9.86 Å². The quantitative estimate of drug-likeness (QED) is 0.218. The van der Waals surface area contributed by atoms with E-state index in [9.17, 15) is 4.79 Å². The van der Waals surface area contributed by atoms with E-state index in [2.05, 4.69) is 97.1 Å². The molecule has 142 valence electrons. The number of carbonyl (C=O) groups excluding carboxylic acids is 1. The van der Waals surface area contributed by atoms with Crippen molar-refractivity contribution in [2.24, 2.45) is 0 Å². The monoisotopic (exact) mass is 507 g/mol. The Morgan fingerprint density at radius 1 is 0.552 bits per heavy atom. The summed E-state index contributed by atoms with van der Waals surface area (Å²) in [6, 6.07) is 42.2. The Hall–Kier alpha value is -2.42. The molecular formula is C26H21IOP+. The number of carbonyl (C=O) groups is 1. The second-order valence-corrected chi connectivity index (χ2v) is 13.7. The van der Waals surface area contributed by atoms with Crippen molar-refractivity contribution in [1.29, 1.82) is 0 Å². The molecular weight excluding hydrogens is 486 g/mol. The Labute approximate surface area is 182 Å². The Kier molecular flexibility index (Phi) is 6.43. The molecule has 0 saturated carbocycles. The molecule has 4 rings (SSSR count). The van der Waals surface area contributed by atoms with E-state index in [1.807, 2.05) is 24.3 Å². The fourth-order valence-electron chi connectivity index (χ4n) is 3.53. The van der Waals surface area contributed by atoms with Crippen LogP contribution in [0.4, 0.5) is 0 Å². The molecule has 0 unspecified atom stereocenters. The summed E-state index contributed by atoms with van der Waals surface area (Å²) >= 11 is -0.608. The number of aldehydes is 1. The number of halogens is 1. The van der Waals surface area contributed by atoms with Gasteiger partial charge in [0.05, 0.1) is 0 Å². The van der Waals surface area contributed by atoms with Crippen molar-refractivity contribution in [2.45, 2.75) is 0 Å². The van der Waals surface area contributed by atoms with E-state index < -0.39 is 28.1 Å². The van der Waals surface area contributed by atoms with Gasteiger partial charge in [-0.25, -0.2) is 0 Å². The van der Waals surface area contributed by atoms with Crippen molar-refractivity contribution >= 4 is 32.4 Å². The van der Waals surface area contributed by atoms with Gasteiger partial charge in [-0.1, -0.05) is 109 Å². The van der Waals surface area contributed by atoms with Gasteiger partial charge in [0.25, 0.3) is 0 Å². The van der Waals surface area contributed by atoms with E-state index in [0.717, 1.165) is 9.59 Å². The first-order chi connectivity index (χ1) is 14.4. The molecule has 1 nitrogen and oxygen atoms in total. The number of rotatable bonds is 6. The van der Waals surface area contributed by atoms with Gasteiger partial charge in [-0.05, 0) is 28.0 Å². The maximum atomic E-state index is 12.7. The van der Waals surface area contributed by atoms with Crippen molar-refractivity contribution in [3.8, 4) is 0 Å². The van der Waals surface area contributed by atoms with E-state index in [4.69, 9.17) is 0 Å². The van der Waals surface area contributed by atoms with Gasteiger partial charge in [0.2, 0.25) is 3.30 Å². The first kappa shape index (κ1) is 19.9. The average Bonchev–Trinajstić information content (AvgIpc) is 2.82. The van der Waals surface area contributed by atoms with E-state index in [1.54, 1.807) is 0 Å². The van der Waals surface area contributed by atoms with Crippen molar-refractivity contribution in [2.75, 3.05) is 0 Å². The molecule has 0 aliphatic carbocycles. The van der Waals surface area contributed by atoms with E-state index >= 15 is 0 Å². The fraction of sp³-hybridized carbons (Fsp3) is 0. The van der Waals surface area contributed by atoms with Crippen LogP contribution in [0.3, 0.4) is 0 Å². The zero-order valence-corrected chi connectivity index (χ0v) is 18.9. The van der Waals surface area contributed by atoms with Gasteiger partial charge in [-0.2, -0.15) is 0 Å². The molecule has 0 aromatic heterocycles. The highest BCUT2D eigenvalue weighted by molar-refractivity contribution is 7.96. The molecule has 3 heteroatoms. The summed E-state index contributed by atoms with van der Waals surface area (Å²) in [6.45, 7) is -2.23. The standard InChI is InChI=1S/C26H21IOP/c28-21-26(27-22-13-5-1-6-14-22)29(23-15-7-2-8-16-23,24-17-9-3-10-18-24)25-19-11-4-12-20-25/h1-21H/q+1. The van der Waals surface area contributed by atoms with E-state index in [-0.39, 0.29) is 0 Å². The first-order valence-corrected chi connectivity index (χ1v) is 13.4. The molecule has 0 saturated heterocycles. The summed E-state index contributed by atoms with van der Waals surface area (Å²) in [5.74, 6) is 0. The summed E-state index contributed by atoms with van der Waals surface area (Å²) in [5.41, 5.74) is 0. The minimum atomic E-state index is -2.23. The molecule has 0 atom stereocenters. The number of hydrogen-bond donors (Lipinski definition) is 0. The van der Waals surface area contributed by atoms with Crippen LogP contribution in [0.5, 0.6) is 0 Å². The molecule has 0 radical (unpaired) electrons. The highest BCUT2D eigenvalue weighted by Crippen LogP contribution is 2.44. The predicted molar refractivity (Wildman–Crippen MR) is 121 cm³/mol. The lowest BCUT2D eigenvalue weighted by molar-refractivity contribution is -0.500. The maximum absolute atomic E-state index is 12.7. The topological polar surface area (TPSA) is 17.1 Å². The van der Waals surface area contributed by atoms with Gasteiger partial charge >= 0.3 is 21.2 Å². The largest absolute Gasteiger partial charge is 0.362 e. The molecule has 0 heterocycles. The van der Waals surface area contributed by atoms with Crippen LogP contribution in [0.1, 0.15) is 0 Å². The third kappa shape index (κ3) is 4.01. The van der Waals surface area contributed by atoms with Crippen LogP contribution in [0, 0.1) is 3.57 Å². The van der Waals surface area contributed by atoms with Crippen LogP contribution in [-0.2, 0) is 4.79 Å². The van der Waals surface area contributed by atoms with Gasteiger partial charge in [-0.3, -0.25) is 4.79 Å². The Morgan fingerprint density at radius 3 is 1.24 bits per heavy atom. The summed E-state index contributed by atoms with van der Waals surface area (Å²) in [7, 11) is 0. The normalized spacial score (nSPS) is 11.0. The highest BCUT2D eigenvalue weighted by atomic mass is 127. The van der Waals surface area contributed by atoms with Crippen LogP contribution in [-0.4, -0.2) is 9.59 Å². The molecule has 0 N–H and O–H groups in total. The SMILES string of the molecule is O=CC([I+]c1ccccc1)=P(c1ccccc1)(c1ccccc1)c1ccccc1. The summed E-state index contributed by atoms with van der Waals surface area (Å²) in [5, 5.41) is 3.69. The summed E-state index contributed by atoms with van der Waals surface area (Å²) in [4.78, 5) is 12.7. The van der Waals surface area contributed by atoms with Crippen molar-refractivity contribution in [1.82, 2.24) is 0 Å². The highest BCUT2D eigenvalue weighted by Gasteiger charge is 2.37. The molecule has 29 heavy (non-hydrogen) atoms. The van der Waals surface area contributed by atoms with E-state index in [0.29, 0.717) is 0 Å². The smallest absolute Gasteiger partial charge is 0.293 e. The molecule has 0 fully saturated rings. The maximum Gasteiger partial charge on any atom is 0.362 e. The fourth-order valence-corrected chi connectivity index (χ4v) is 13.1. The molecule has 0 aliphatic heterocycles. The van der Waals surface area contributed by atoms with Crippen LogP contribution in [0.25, 0.3) is 0 Å². The minimum Gasteiger partial charge on any atom is -0.293 e. The van der Waals surface area contributed by atoms with Crippen molar-refractivity contribution in [3.05, 3.63) is 125 Å². The zero-order chi connectivity index (χ0) is 19.9. The Bertz CT molecular complexity index is 1020. The molecule has 4 aromatic rings. The Morgan fingerprint density at radius 2 is 0.897 bits per heavy atom. The summed E-state index contributed by atoms with van der Waals surface area (Å²) < 4.78 is 2.31. The lowest BCUT2D eigenvalue weighted by Gasteiger charge is -2.27. The molecule has 4 aromatic carbocycles. The molecule has 0 bridgehead atoms. The van der Waals surface area contributed by atoms with Crippen LogP contribution in [0.15, 0.2) is 121 Å². The van der Waals surface area contributed by atoms with Gasteiger partial charge in [0, 0.05) is 6.89 Å². The molecule has 0 aliphatic rings. The van der Waals surface area contributed by atoms with Crippen LogP contribution < -0.4 is 37.1 Å². The van der Waals surface area contributed by atoms with Gasteiger partial charge in [0.1, 0.15) is 0 Å². The third-order valence-electron chi connectivity index (χ3n) is 4.79. The lowest BCUT2D eigenvalue weighted by Crippen LogP contribution is -3.64. The number of hydrogen-bond acceptors (Lipinski definition) is 1. The zero-order valence-electron chi connectivity index (χ0n) is 15.9. The van der Waals surface area contributed by atoms with E-state index in [1.165, 1.54) is 19.5 Å². The second-order valence-electron chi connectivity index (χ2n) is 6.51. The second kappa shape index (κ2) is 9.39. The van der Waals surface area contributed by atoms with Crippen LogP contribution in [0.2, 0.25) is 0 Å². The van der Waals surface area contributed by atoms with Crippen LogP contribution >= 0.6 is 6.89 Å². The third-order valence-corrected chi connectivity index (χ3v) is 13.6.